The Hall–Kier alpha value is -3.58. The summed E-state index contributed by atoms with van der Waals surface area (Å²) in [4.78, 5) is 11.4. The van der Waals surface area contributed by atoms with E-state index in [1.807, 2.05) is 58.0 Å². The molecule has 4 aromatic rings. The lowest BCUT2D eigenvalue weighted by molar-refractivity contribution is 0.300. The van der Waals surface area contributed by atoms with Gasteiger partial charge in [0.1, 0.15) is 5.65 Å². The molecule has 0 aliphatic heterocycles. The summed E-state index contributed by atoms with van der Waals surface area (Å²) >= 11 is 0. The van der Waals surface area contributed by atoms with E-state index in [9.17, 15) is 5.11 Å². The van der Waals surface area contributed by atoms with Gasteiger partial charge in [-0.2, -0.15) is 0 Å². The number of nitrogens with zero attached hydrogens (tertiary/aromatic N) is 4. The van der Waals surface area contributed by atoms with E-state index in [0.29, 0.717) is 30.5 Å². The molecule has 0 aliphatic carbocycles. The number of aliphatic hydroxyl groups is 1. The number of benzene rings is 2. The summed E-state index contributed by atoms with van der Waals surface area (Å²) in [5.74, 6) is 2.01. The van der Waals surface area contributed by atoms with Gasteiger partial charge >= 0.3 is 0 Å². The minimum Gasteiger partial charge on any atom is -0.493 e. The second-order valence-electron chi connectivity index (χ2n) is 6.80. The number of rotatable bonds is 8. The minimum atomic E-state index is 0.0191. The molecule has 2 heterocycles. The summed E-state index contributed by atoms with van der Waals surface area (Å²) < 4.78 is 12.7. The van der Waals surface area contributed by atoms with Crippen molar-refractivity contribution in [1.82, 2.24) is 14.4 Å². The van der Waals surface area contributed by atoms with Crippen LogP contribution in [-0.2, 0) is 6.54 Å². The van der Waals surface area contributed by atoms with Gasteiger partial charge in [-0.25, -0.2) is 9.97 Å². The molecule has 154 valence electrons. The number of fused-ring (bicyclic) bond motifs is 1. The zero-order valence-corrected chi connectivity index (χ0v) is 17.0. The smallest absolute Gasteiger partial charge is 0.212 e. The molecule has 0 saturated carbocycles. The van der Waals surface area contributed by atoms with Crippen molar-refractivity contribution in [2.45, 2.75) is 6.54 Å². The molecule has 2 aromatic carbocycles. The van der Waals surface area contributed by atoms with E-state index in [-0.39, 0.29) is 6.61 Å². The molecule has 0 aliphatic rings. The van der Waals surface area contributed by atoms with Gasteiger partial charge in [-0.15, -0.1) is 0 Å². The molecule has 0 unspecified atom stereocenters. The maximum atomic E-state index is 9.69. The second-order valence-corrected chi connectivity index (χ2v) is 6.80. The van der Waals surface area contributed by atoms with Crippen molar-refractivity contribution < 1.29 is 14.6 Å². The Bertz CT molecular complexity index is 1130. The van der Waals surface area contributed by atoms with Crippen molar-refractivity contribution in [3.8, 4) is 22.8 Å². The number of anilines is 1. The first-order chi connectivity index (χ1) is 14.7. The van der Waals surface area contributed by atoms with Crippen LogP contribution >= 0.6 is 0 Å². The van der Waals surface area contributed by atoms with Crippen LogP contribution in [0.25, 0.3) is 16.9 Å². The number of hydrogen-bond donors (Lipinski definition) is 1. The van der Waals surface area contributed by atoms with Crippen LogP contribution in [0.5, 0.6) is 11.5 Å². The normalized spacial score (nSPS) is 10.9. The fourth-order valence-electron chi connectivity index (χ4n) is 3.45. The van der Waals surface area contributed by atoms with Crippen LogP contribution in [0.1, 0.15) is 5.56 Å². The van der Waals surface area contributed by atoms with Crippen molar-refractivity contribution >= 4 is 11.6 Å². The van der Waals surface area contributed by atoms with Gasteiger partial charge in [-0.05, 0) is 23.8 Å². The van der Waals surface area contributed by atoms with E-state index in [1.54, 1.807) is 20.4 Å². The van der Waals surface area contributed by atoms with E-state index in [4.69, 9.17) is 14.5 Å². The van der Waals surface area contributed by atoms with Crippen LogP contribution in [0.3, 0.4) is 0 Å². The van der Waals surface area contributed by atoms with Crippen molar-refractivity contribution in [3.63, 3.8) is 0 Å². The molecule has 0 saturated heterocycles. The average Bonchev–Trinajstić information content (AvgIpc) is 3.27. The van der Waals surface area contributed by atoms with E-state index in [0.717, 1.165) is 22.5 Å². The van der Waals surface area contributed by atoms with Crippen LogP contribution in [0, 0.1) is 0 Å². The lowest BCUT2D eigenvalue weighted by atomic mass is 10.1. The maximum absolute atomic E-state index is 9.69. The molecular weight excluding hydrogens is 380 g/mol. The predicted molar refractivity (Wildman–Crippen MR) is 116 cm³/mol. The third-order valence-corrected chi connectivity index (χ3v) is 4.92. The first-order valence-corrected chi connectivity index (χ1v) is 9.69. The summed E-state index contributed by atoms with van der Waals surface area (Å²) in [7, 11) is 3.22. The van der Waals surface area contributed by atoms with Crippen LogP contribution < -0.4 is 14.4 Å². The Morgan fingerprint density at radius 3 is 2.53 bits per heavy atom. The Morgan fingerprint density at radius 2 is 1.80 bits per heavy atom. The third kappa shape index (κ3) is 3.92. The van der Waals surface area contributed by atoms with Crippen LogP contribution in [0.2, 0.25) is 0 Å². The topological polar surface area (TPSA) is 72.1 Å². The summed E-state index contributed by atoms with van der Waals surface area (Å²) in [6.07, 6.45) is 3.63. The van der Waals surface area contributed by atoms with Crippen LogP contribution in [0.15, 0.2) is 67.0 Å². The Balaban J connectivity index is 1.80. The Morgan fingerprint density at radius 1 is 1.00 bits per heavy atom. The molecule has 1 N–H and O–H groups in total. The number of methoxy groups -OCH3 is 2. The molecule has 0 fully saturated rings. The molecule has 0 radical (unpaired) electrons. The highest BCUT2D eigenvalue weighted by molar-refractivity contribution is 5.69. The number of aliphatic hydroxyl groups excluding tert-OH is 1. The van der Waals surface area contributed by atoms with Gasteiger partial charge in [-0.3, -0.25) is 4.40 Å². The van der Waals surface area contributed by atoms with Crippen molar-refractivity contribution in [2.24, 2.45) is 0 Å². The molecule has 4 rings (SSSR count). The molecule has 0 amide bonds. The highest BCUT2D eigenvalue weighted by Crippen LogP contribution is 2.33. The number of ether oxygens (including phenoxy) is 2. The molecule has 30 heavy (non-hydrogen) atoms. The van der Waals surface area contributed by atoms with E-state index >= 15 is 0 Å². The maximum Gasteiger partial charge on any atom is 0.212 e. The van der Waals surface area contributed by atoms with Gasteiger partial charge < -0.3 is 19.5 Å². The quantitative estimate of drug-likeness (QED) is 0.485. The van der Waals surface area contributed by atoms with E-state index in [1.165, 1.54) is 0 Å². The van der Waals surface area contributed by atoms with E-state index in [2.05, 4.69) is 17.1 Å². The molecular formula is C23H24N4O3. The van der Waals surface area contributed by atoms with Gasteiger partial charge in [0.05, 0.1) is 26.5 Å². The largest absolute Gasteiger partial charge is 0.493 e. The highest BCUT2D eigenvalue weighted by Gasteiger charge is 2.16. The first kappa shape index (κ1) is 19.7. The van der Waals surface area contributed by atoms with Crippen molar-refractivity contribution in [3.05, 3.63) is 72.6 Å². The lowest BCUT2D eigenvalue weighted by Crippen LogP contribution is -2.29. The van der Waals surface area contributed by atoms with Crippen LogP contribution in [0.4, 0.5) is 5.95 Å². The predicted octanol–water partition coefficient (Wildman–Crippen LogP) is 3.41. The van der Waals surface area contributed by atoms with Gasteiger partial charge in [0.2, 0.25) is 5.95 Å². The van der Waals surface area contributed by atoms with Gasteiger partial charge in [0.25, 0.3) is 0 Å². The molecule has 0 atom stereocenters. The second kappa shape index (κ2) is 8.84. The number of hydrogen-bond acceptors (Lipinski definition) is 6. The van der Waals surface area contributed by atoms with Gasteiger partial charge in [0.15, 0.2) is 11.5 Å². The minimum absolute atomic E-state index is 0.0191. The van der Waals surface area contributed by atoms with Gasteiger partial charge in [0, 0.05) is 37.1 Å². The molecule has 0 bridgehead atoms. The molecule has 2 aromatic heterocycles. The molecule has 7 heteroatoms. The number of imidazole rings is 1. The summed E-state index contributed by atoms with van der Waals surface area (Å²) in [5, 5.41) is 9.69. The number of aromatic nitrogens is 3. The van der Waals surface area contributed by atoms with E-state index < -0.39 is 0 Å². The summed E-state index contributed by atoms with van der Waals surface area (Å²) in [6.45, 7) is 1.09. The van der Waals surface area contributed by atoms with Gasteiger partial charge in [-0.1, -0.05) is 30.3 Å². The van der Waals surface area contributed by atoms with Crippen molar-refractivity contribution in [1.29, 1.82) is 0 Å². The summed E-state index contributed by atoms with van der Waals surface area (Å²) in [5.41, 5.74) is 3.57. The SMILES string of the molecule is COc1ccc(-c2cc3nccn3c(N(CCO)Cc3ccccc3)n2)cc1OC. The zero-order chi connectivity index (χ0) is 20.9. The monoisotopic (exact) mass is 404 g/mol. The fraction of sp³-hybridized carbons (Fsp3) is 0.217. The van der Waals surface area contributed by atoms with Crippen LogP contribution in [-0.4, -0.2) is 46.8 Å². The summed E-state index contributed by atoms with van der Waals surface area (Å²) in [6, 6.07) is 17.8. The standard InChI is InChI=1S/C23H24N4O3/c1-29-20-9-8-18(14-21(20)30-2)19-15-22-24-10-11-27(22)23(25-19)26(12-13-28)16-17-6-4-3-5-7-17/h3-11,14-15,28H,12-13,16H2,1-2H3. The first-order valence-electron chi connectivity index (χ1n) is 9.69. The Labute approximate surface area is 175 Å². The Kier molecular flexibility index (Phi) is 5.81. The third-order valence-electron chi connectivity index (χ3n) is 4.92. The average molecular weight is 404 g/mol. The highest BCUT2D eigenvalue weighted by atomic mass is 16.5. The molecule has 7 nitrogen and oxygen atoms in total. The fourth-order valence-corrected chi connectivity index (χ4v) is 3.45. The zero-order valence-electron chi connectivity index (χ0n) is 17.0. The lowest BCUT2D eigenvalue weighted by Gasteiger charge is -2.24. The van der Waals surface area contributed by atoms with Crippen molar-refractivity contribution in [2.75, 3.05) is 32.3 Å². The molecule has 0 spiro atoms.